The SMILES string of the molecule is C=C(CCCCCN(CCCCCCCCCCCC)CCCN(CCCCCCCCCCCC)CCCCCCCCCCCC)N(Cc1ccccc1)Cc1ccccc1. The summed E-state index contributed by atoms with van der Waals surface area (Å²) < 4.78 is 0. The molecule has 0 bridgehead atoms. The summed E-state index contributed by atoms with van der Waals surface area (Å²) >= 11 is 0. The Bertz CT molecular complexity index is 1150. The van der Waals surface area contributed by atoms with Crippen LogP contribution in [0.5, 0.6) is 0 Å². The van der Waals surface area contributed by atoms with E-state index in [0.717, 1.165) is 19.5 Å². The monoisotopic (exact) mass is 870 g/mol. The van der Waals surface area contributed by atoms with Crippen LogP contribution in [0.4, 0.5) is 0 Å². The van der Waals surface area contributed by atoms with Gasteiger partial charge < -0.3 is 14.7 Å². The first-order valence-electron chi connectivity index (χ1n) is 28.1. The molecule has 0 saturated heterocycles. The van der Waals surface area contributed by atoms with Crippen LogP contribution in [-0.4, -0.2) is 54.0 Å². The van der Waals surface area contributed by atoms with Crippen LogP contribution in [0.1, 0.15) is 257 Å². The Hall–Kier alpha value is -2.10. The van der Waals surface area contributed by atoms with Crippen molar-refractivity contribution in [2.45, 2.75) is 259 Å². The first kappa shape index (κ1) is 57.0. The zero-order valence-corrected chi connectivity index (χ0v) is 42.7. The second-order valence-electron chi connectivity index (χ2n) is 19.8. The number of unbranched alkanes of at least 4 members (excludes halogenated alkanes) is 29. The summed E-state index contributed by atoms with van der Waals surface area (Å²) in [5.41, 5.74) is 4.01. The van der Waals surface area contributed by atoms with Crippen molar-refractivity contribution >= 4 is 0 Å². The summed E-state index contributed by atoms with van der Waals surface area (Å²) in [5.74, 6) is 0. The molecule has 0 radical (unpaired) electrons. The van der Waals surface area contributed by atoms with Gasteiger partial charge >= 0.3 is 0 Å². The minimum atomic E-state index is 0.927. The summed E-state index contributed by atoms with van der Waals surface area (Å²) in [6.45, 7) is 21.2. The van der Waals surface area contributed by atoms with Gasteiger partial charge in [0.15, 0.2) is 0 Å². The van der Waals surface area contributed by atoms with Crippen molar-refractivity contribution in [2.75, 3.05) is 39.3 Å². The molecule has 2 rings (SSSR count). The zero-order valence-electron chi connectivity index (χ0n) is 42.7. The van der Waals surface area contributed by atoms with E-state index in [0.29, 0.717) is 0 Å². The Morgan fingerprint density at radius 2 is 0.571 bits per heavy atom. The van der Waals surface area contributed by atoms with Crippen molar-refractivity contribution in [3.63, 3.8) is 0 Å². The average molecular weight is 871 g/mol. The third-order valence-electron chi connectivity index (χ3n) is 13.8. The standard InChI is InChI=1S/C60H107N3/c1-5-8-11-14-17-20-23-26-29-40-50-61(51-41-30-27-24-21-18-15-12-9-6-2)54-44-55-62(52-42-31-28-25-22-19-16-13-10-7-3)53-43-34-35-45-58(4)63(56-59-46-36-32-37-47-59)57-60-48-38-33-39-49-60/h32-33,36-39,46-49H,4-31,34-35,40-45,50-57H2,1-3H3. The molecule has 3 heteroatoms. The molecule has 0 aliphatic heterocycles. The van der Waals surface area contributed by atoms with Crippen molar-refractivity contribution in [3.05, 3.63) is 84.1 Å². The molecule has 0 saturated carbocycles. The minimum absolute atomic E-state index is 0.927. The highest BCUT2D eigenvalue weighted by Gasteiger charge is 2.12. The molecule has 0 fully saturated rings. The normalized spacial score (nSPS) is 11.6. The third-order valence-corrected chi connectivity index (χ3v) is 13.8. The highest BCUT2D eigenvalue weighted by molar-refractivity contribution is 5.19. The van der Waals surface area contributed by atoms with Crippen LogP contribution in [0, 0.1) is 0 Å². The summed E-state index contributed by atoms with van der Waals surface area (Å²) in [6.07, 6.45) is 49.1. The molecule has 362 valence electrons. The van der Waals surface area contributed by atoms with Gasteiger partial charge in [0, 0.05) is 18.8 Å². The Balaban J connectivity index is 1.86. The Kier molecular flexibility index (Phi) is 39.6. The van der Waals surface area contributed by atoms with E-state index in [1.165, 1.54) is 274 Å². The fraction of sp³-hybridized carbons (Fsp3) is 0.767. The van der Waals surface area contributed by atoms with Gasteiger partial charge in [0.25, 0.3) is 0 Å². The molecule has 3 nitrogen and oxygen atoms in total. The molecule has 63 heavy (non-hydrogen) atoms. The number of allylic oxidation sites excluding steroid dienone is 1. The number of benzene rings is 2. The lowest BCUT2D eigenvalue weighted by atomic mass is 10.1. The smallest absolute Gasteiger partial charge is 0.0430 e. The maximum atomic E-state index is 4.64. The lowest BCUT2D eigenvalue weighted by molar-refractivity contribution is 0.215. The van der Waals surface area contributed by atoms with Gasteiger partial charge in [-0.2, -0.15) is 0 Å². The lowest BCUT2D eigenvalue weighted by Gasteiger charge is -2.28. The first-order chi connectivity index (χ1) is 31.2. The van der Waals surface area contributed by atoms with Crippen molar-refractivity contribution in [2.24, 2.45) is 0 Å². The van der Waals surface area contributed by atoms with Crippen LogP contribution in [0.3, 0.4) is 0 Å². The molecule has 0 atom stereocenters. The predicted molar refractivity (Wildman–Crippen MR) is 283 cm³/mol. The van der Waals surface area contributed by atoms with Gasteiger partial charge in [-0.1, -0.05) is 268 Å². The van der Waals surface area contributed by atoms with Gasteiger partial charge in [0.05, 0.1) is 0 Å². The fourth-order valence-electron chi connectivity index (χ4n) is 9.54. The summed E-state index contributed by atoms with van der Waals surface area (Å²) in [7, 11) is 0. The Morgan fingerprint density at radius 1 is 0.317 bits per heavy atom. The summed E-state index contributed by atoms with van der Waals surface area (Å²) in [6, 6.07) is 21.9. The highest BCUT2D eigenvalue weighted by atomic mass is 15.1. The zero-order chi connectivity index (χ0) is 44.9. The van der Waals surface area contributed by atoms with Crippen LogP contribution in [0.2, 0.25) is 0 Å². The van der Waals surface area contributed by atoms with Crippen molar-refractivity contribution in [3.8, 4) is 0 Å². The van der Waals surface area contributed by atoms with E-state index < -0.39 is 0 Å². The summed E-state index contributed by atoms with van der Waals surface area (Å²) in [5, 5.41) is 0. The molecule has 2 aromatic rings. The minimum Gasteiger partial charge on any atom is -0.367 e. The van der Waals surface area contributed by atoms with Crippen LogP contribution in [0.25, 0.3) is 0 Å². The molecule has 0 aliphatic rings. The maximum Gasteiger partial charge on any atom is 0.0430 e. The number of hydrogen-bond acceptors (Lipinski definition) is 3. The average Bonchev–Trinajstić information content (AvgIpc) is 3.30. The quantitative estimate of drug-likeness (QED) is 0.0614. The molecule has 0 unspecified atom stereocenters. The van der Waals surface area contributed by atoms with E-state index in [4.69, 9.17) is 0 Å². The number of rotatable bonds is 48. The van der Waals surface area contributed by atoms with E-state index in [2.05, 4.69) is 103 Å². The molecule has 0 N–H and O–H groups in total. The third kappa shape index (κ3) is 34.9. The largest absolute Gasteiger partial charge is 0.367 e. The molecule has 0 aromatic heterocycles. The predicted octanol–water partition coefficient (Wildman–Crippen LogP) is 18.5. The van der Waals surface area contributed by atoms with Crippen LogP contribution >= 0.6 is 0 Å². The molecule has 0 spiro atoms. The lowest BCUT2D eigenvalue weighted by Crippen LogP contribution is -2.32. The van der Waals surface area contributed by atoms with E-state index >= 15 is 0 Å². The fourth-order valence-corrected chi connectivity index (χ4v) is 9.54. The van der Waals surface area contributed by atoms with E-state index in [9.17, 15) is 0 Å². The van der Waals surface area contributed by atoms with Gasteiger partial charge in [-0.25, -0.2) is 0 Å². The van der Waals surface area contributed by atoms with E-state index in [1.807, 2.05) is 0 Å². The number of nitrogens with zero attached hydrogens (tertiary/aromatic N) is 3. The van der Waals surface area contributed by atoms with Crippen LogP contribution < -0.4 is 0 Å². The first-order valence-corrected chi connectivity index (χ1v) is 28.1. The van der Waals surface area contributed by atoms with Crippen LogP contribution in [0.15, 0.2) is 72.9 Å². The second-order valence-corrected chi connectivity index (χ2v) is 19.8. The molecule has 0 heterocycles. The van der Waals surface area contributed by atoms with Crippen molar-refractivity contribution in [1.82, 2.24) is 14.7 Å². The molecule has 0 amide bonds. The summed E-state index contributed by atoms with van der Waals surface area (Å²) in [4.78, 5) is 8.27. The molecule has 0 aliphatic carbocycles. The number of hydrogen-bond donors (Lipinski definition) is 0. The van der Waals surface area contributed by atoms with Crippen LogP contribution in [-0.2, 0) is 13.1 Å². The van der Waals surface area contributed by atoms with Crippen molar-refractivity contribution in [1.29, 1.82) is 0 Å². The molecule has 2 aromatic carbocycles. The Morgan fingerprint density at radius 3 is 0.873 bits per heavy atom. The van der Waals surface area contributed by atoms with Gasteiger partial charge in [-0.05, 0) is 95.3 Å². The molecular formula is C60H107N3. The van der Waals surface area contributed by atoms with Gasteiger partial charge in [-0.3, -0.25) is 0 Å². The van der Waals surface area contributed by atoms with Gasteiger partial charge in [0.2, 0.25) is 0 Å². The maximum absolute atomic E-state index is 4.64. The van der Waals surface area contributed by atoms with E-state index in [1.54, 1.807) is 0 Å². The topological polar surface area (TPSA) is 9.72 Å². The van der Waals surface area contributed by atoms with Crippen molar-refractivity contribution < 1.29 is 0 Å². The van der Waals surface area contributed by atoms with Gasteiger partial charge in [0.1, 0.15) is 0 Å². The van der Waals surface area contributed by atoms with E-state index in [-0.39, 0.29) is 0 Å². The van der Waals surface area contributed by atoms with Gasteiger partial charge in [-0.15, -0.1) is 0 Å². The second kappa shape index (κ2) is 43.8. The highest BCUT2D eigenvalue weighted by Crippen LogP contribution is 2.20. The Labute approximate surface area is 395 Å². The molecular weight excluding hydrogens is 763 g/mol.